The molecular weight excluding hydrogens is 268 g/mol. The van der Waals surface area contributed by atoms with E-state index < -0.39 is 31.7 Å². The lowest BCUT2D eigenvalue weighted by atomic mass is 10.6. The monoisotopic (exact) mass is 280 g/mol. The first-order chi connectivity index (χ1) is 7.83. The van der Waals surface area contributed by atoms with Crippen LogP contribution in [0.2, 0.25) is 0 Å². The first-order valence-electron chi connectivity index (χ1n) is 4.44. The summed E-state index contributed by atoms with van der Waals surface area (Å²) in [6.45, 7) is -0.745. The summed E-state index contributed by atoms with van der Waals surface area (Å²) in [5, 5.41) is 0. The Hall–Kier alpha value is -1.06. The molecule has 8 heteroatoms. The summed E-state index contributed by atoms with van der Waals surface area (Å²) in [5.74, 6) is 3.08. The second kappa shape index (κ2) is 7.30. The van der Waals surface area contributed by atoms with Crippen molar-refractivity contribution >= 4 is 20.2 Å². The molecule has 6 nitrogen and oxygen atoms in total. The molecule has 17 heavy (non-hydrogen) atoms. The quantitative estimate of drug-likeness (QED) is 0.433. The van der Waals surface area contributed by atoms with Gasteiger partial charge in [0.05, 0.1) is 11.5 Å². The van der Waals surface area contributed by atoms with Gasteiger partial charge in [0.15, 0.2) is 0 Å². The summed E-state index contributed by atoms with van der Waals surface area (Å²) in [5.41, 5.74) is 0. The number of hydrogen-bond donors (Lipinski definition) is 0. The molecule has 0 radical (unpaired) electrons. The molecule has 0 aliphatic carbocycles. The molecular formula is C9H12O6S2. The van der Waals surface area contributed by atoms with Crippen molar-refractivity contribution in [2.24, 2.45) is 0 Å². The van der Waals surface area contributed by atoms with Crippen LogP contribution >= 0.6 is 0 Å². The third-order valence-electron chi connectivity index (χ3n) is 1.43. The highest BCUT2D eigenvalue weighted by Crippen LogP contribution is 2.01. The van der Waals surface area contributed by atoms with Crippen molar-refractivity contribution < 1.29 is 25.2 Å². The minimum Gasteiger partial charge on any atom is -0.257 e. The third-order valence-corrected chi connectivity index (χ3v) is 3.96. The van der Waals surface area contributed by atoms with Gasteiger partial charge >= 0.3 is 0 Å². The predicted octanol–water partition coefficient (Wildman–Crippen LogP) is -0.664. The smallest absolute Gasteiger partial charge is 0.257 e. The molecule has 0 aromatic heterocycles. The zero-order valence-electron chi connectivity index (χ0n) is 8.96. The van der Waals surface area contributed by atoms with Crippen molar-refractivity contribution in [3.63, 3.8) is 0 Å². The van der Waals surface area contributed by atoms with E-state index in [1.54, 1.807) is 0 Å². The highest BCUT2D eigenvalue weighted by molar-refractivity contribution is 7.87. The minimum atomic E-state index is -3.79. The van der Waals surface area contributed by atoms with E-state index in [9.17, 15) is 16.8 Å². The molecule has 0 unspecified atom stereocenters. The predicted molar refractivity (Wildman–Crippen MR) is 61.8 cm³/mol. The number of rotatable bonds is 8. The summed E-state index contributed by atoms with van der Waals surface area (Å²) in [7, 11) is -7.58. The van der Waals surface area contributed by atoms with E-state index in [4.69, 9.17) is 12.8 Å². The van der Waals surface area contributed by atoms with Crippen LogP contribution in [-0.4, -0.2) is 41.6 Å². The van der Waals surface area contributed by atoms with Crippen molar-refractivity contribution in [3.05, 3.63) is 0 Å². The Morgan fingerprint density at radius 1 is 0.824 bits per heavy atom. The normalized spacial score (nSPS) is 11.6. The second-order valence-electron chi connectivity index (χ2n) is 2.81. The molecule has 0 saturated carbocycles. The SMILES string of the molecule is C#CCOS(=O)(=O)CCCS(=O)(=O)OCC#C. The molecule has 0 aromatic carbocycles. The molecule has 0 atom stereocenters. The zero-order valence-corrected chi connectivity index (χ0v) is 10.6. The summed E-state index contributed by atoms with van der Waals surface area (Å²) in [6.07, 6.45) is 9.48. The fourth-order valence-corrected chi connectivity index (χ4v) is 2.69. The lowest BCUT2D eigenvalue weighted by Gasteiger charge is -2.03. The molecule has 0 rings (SSSR count). The van der Waals surface area contributed by atoms with Gasteiger partial charge in [-0.3, -0.25) is 8.37 Å². The van der Waals surface area contributed by atoms with E-state index in [2.05, 4.69) is 8.37 Å². The van der Waals surface area contributed by atoms with Gasteiger partial charge in [-0.2, -0.15) is 16.8 Å². The van der Waals surface area contributed by atoms with Gasteiger partial charge in [-0.05, 0) is 6.42 Å². The van der Waals surface area contributed by atoms with Gasteiger partial charge in [-0.15, -0.1) is 12.8 Å². The highest BCUT2D eigenvalue weighted by Gasteiger charge is 2.15. The fourth-order valence-electron chi connectivity index (χ4n) is 0.778. The Kier molecular flexibility index (Phi) is 6.85. The van der Waals surface area contributed by atoms with Crippen molar-refractivity contribution in [1.29, 1.82) is 0 Å². The fraction of sp³-hybridized carbons (Fsp3) is 0.556. The third kappa shape index (κ3) is 8.72. The number of terminal acetylenes is 2. The van der Waals surface area contributed by atoms with Crippen LogP contribution < -0.4 is 0 Å². The maximum absolute atomic E-state index is 11.1. The summed E-state index contributed by atoms with van der Waals surface area (Å²) >= 11 is 0. The van der Waals surface area contributed by atoms with Crippen LogP contribution in [0.1, 0.15) is 6.42 Å². The van der Waals surface area contributed by atoms with E-state index in [1.807, 2.05) is 11.8 Å². The van der Waals surface area contributed by atoms with Crippen LogP contribution in [0.3, 0.4) is 0 Å². The van der Waals surface area contributed by atoms with Crippen LogP contribution in [0.4, 0.5) is 0 Å². The van der Waals surface area contributed by atoms with Crippen molar-refractivity contribution in [3.8, 4) is 24.7 Å². The van der Waals surface area contributed by atoms with E-state index in [-0.39, 0.29) is 19.6 Å². The van der Waals surface area contributed by atoms with Gasteiger partial charge in [0, 0.05) is 0 Å². The van der Waals surface area contributed by atoms with Crippen LogP contribution in [0.5, 0.6) is 0 Å². The molecule has 0 heterocycles. The second-order valence-corrected chi connectivity index (χ2v) is 6.33. The van der Waals surface area contributed by atoms with Crippen molar-refractivity contribution in [2.45, 2.75) is 6.42 Å². The molecule has 0 aliphatic heterocycles. The lowest BCUT2D eigenvalue weighted by molar-refractivity contribution is 0.359. The Balaban J connectivity index is 4.08. The van der Waals surface area contributed by atoms with Crippen molar-refractivity contribution in [2.75, 3.05) is 24.7 Å². The van der Waals surface area contributed by atoms with E-state index in [1.165, 1.54) is 0 Å². The highest BCUT2D eigenvalue weighted by atomic mass is 32.2. The van der Waals surface area contributed by atoms with Gasteiger partial charge in [0.2, 0.25) is 0 Å². The Morgan fingerprint density at radius 2 is 1.18 bits per heavy atom. The lowest BCUT2D eigenvalue weighted by Crippen LogP contribution is -2.16. The van der Waals surface area contributed by atoms with Gasteiger partial charge in [0.25, 0.3) is 20.2 Å². The molecule has 0 aromatic rings. The zero-order chi connectivity index (χ0) is 13.4. The average Bonchev–Trinajstić information content (AvgIpc) is 2.23. The Labute approximate surface area is 102 Å². The van der Waals surface area contributed by atoms with Gasteiger partial charge in [-0.25, -0.2) is 0 Å². The standard InChI is InChI=1S/C9H12O6S2/c1-3-6-14-16(10,11)8-5-9-17(12,13)15-7-4-2/h1-2H,5-9H2. The molecule has 0 amide bonds. The molecule has 0 spiro atoms. The first-order valence-corrected chi connectivity index (χ1v) is 7.59. The molecule has 0 aliphatic rings. The topological polar surface area (TPSA) is 86.7 Å². The van der Waals surface area contributed by atoms with Gasteiger partial charge in [0.1, 0.15) is 13.2 Å². The molecule has 0 N–H and O–H groups in total. The van der Waals surface area contributed by atoms with Crippen LogP contribution in [0.15, 0.2) is 0 Å². The summed E-state index contributed by atoms with van der Waals surface area (Å²) in [4.78, 5) is 0. The molecule has 0 saturated heterocycles. The van der Waals surface area contributed by atoms with Crippen molar-refractivity contribution in [1.82, 2.24) is 0 Å². The first kappa shape index (κ1) is 15.9. The van der Waals surface area contributed by atoms with Gasteiger partial charge in [-0.1, -0.05) is 11.8 Å². The maximum atomic E-state index is 11.1. The van der Waals surface area contributed by atoms with Crippen LogP contribution in [0, 0.1) is 24.7 Å². The minimum absolute atomic E-state index is 0.153. The molecule has 0 bridgehead atoms. The Morgan fingerprint density at radius 3 is 1.47 bits per heavy atom. The summed E-state index contributed by atoms with van der Waals surface area (Å²) < 4.78 is 53.1. The van der Waals surface area contributed by atoms with E-state index in [0.29, 0.717) is 0 Å². The molecule has 0 fully saturated rings. The summed E-state index contributed by atoms with van der Waals surface area (Å²) in [6, 6.07) is 0. The largest absolute Gasteiger partial charge is 0.268 e. The van der Waals surface area contributed by atoms with E-state index in [0.717, 1.165) is 0 Å². The maximum Gasteiger partial charge on any atom is 0.268 e. The number of hydrogen-bond acceptors (Lipinski definition) is 6. The average molecular weight is 280 g/mol. The van der Waals surface area contributed by atoms with E-state index >= 15 is 0 Å². The van der Waals surface area contributed by atoms with Gasteiger partial charge < -0.3 is 0 Å². The van der Waals surface area contributed by atoms with Crippen LogP contribution in [0.25, 0.3) is 0 Å². The Bertz CT molecular complexity index is 455. The molecule has 96 valence electrons. The van der Waals surface area contributed by atoms with Crippen LogP contribution in [-0.2, 0) is 28.6 Å².